The molecule has 1 fully saturated rings. The molecule has 0 spiro atoms. The molecule has 3 rings (SSSR count). The van der Waals surface area contributed by atoms with Crippen molar-refractivity contribution < 1.29 is 4.74 Å². The van der Waals surface area contributed by atoms with Crippen LogP contribution in [-0.4, -0.2) is 25.9 Å². The minimum absolute atomic E-state index is 0.285. The maximum Gasteiger partial charge on any atom is 0.119 e. The van der Waals surface area contributed by atoms with E-state index in [1.165, 1.54) is 11.3 Å². The lowest BCUT2D eigenvalue weighted by molar-refractivity contribution is 0.410. The number of hydrazone groups is 1. The van der Waals surface area contributed by atoms with Crippen molar-refractivity contribution in [2.45, 2.75) is 12.5 Å². The average Bonchev–Trinajstić information content (AvgIpc) is 2.82. The number of piperidine rings is 1. The summed E-state index contributed by atoms with van der Waals surface area (Å²) in [6.45, 7) is 2.05. The van der Waals surface area contributed by atoms with Gasteiger partial charge in [-0.3, -0.25) is 0 Å². The first kappa shape index (κ1) is 10.6. The number of rotatable bonds is 2. The Labute approximate surface area is 101 Å². The van der Waals surface area contributed by atoms with Crippen molar-refractivity contribution >= 4 is 5.71 Å². The number of benzene rings is 1. The van der Waals surface area contributed by atoms with Gasteiger partial charge in [0.2, 0.25) is 0 Å². The van der Waals surface area contributed by atoms with Crippen molar-refractivity contribution in [3.8, 4) is 5.75 Å². The normalized spacial score (nSPS) is 27.0. The molecule has 2 unspecified atom stereocenters. The standard InChI is InChI=1S/C13H17N3O/c1-17-10-4-2-3-9(7-10)13-11-8-14-6-5-12(11)15-16-13/h2-4,7,11,13-14,16H,5-6,8H2,1H3. The Bertz CT molecular complexity index is 444. The number of hydrogen-bond acceptors (Lipinski definition) is 4. The Balaban J connectivity index is 1.85. The molecule has 1 aromatic carbocycles. The van der Waals surface area contributed by atoms with Gasteiger partial charge in [0.15, 0.2) is 0 Å². The number of hydrogen-bond donors (Lipinski definition) is 2. The molecular formula is C13H17N3O. The Morgan fingerprint density at radius 1 is 1.41 bits per heavy atom. The van der Waals surface area contributed by atoms with E-state index in [0.29, 0.717) is 5.92 Å². The predicted molar refractivity (Wildman–Crippen MR) is 67.3 cm³/mol. The predicted octanol–water partition coefficient (Wildman–Crippen LogP) is 1.30. The molecule has 1 saturated heterocycles. The SMILES string of the molecule is COc1cccc(C2NN=C3CCNCC32)c1. The van der Waals surface area contributed by atoms with Crippen LogP contribution in [0.1, 0.15) is 18.0 Å². The smallest absolute Gasteiger partial charge is 0.119 e. The lowest BCUT2D eigenvalue weighted by Gasteiger charge is -2.25. The zero-order valence-corrected chi connectivity index (χ0v) is 9.94. The second-order valence-corrected chi connectivity index (χ2v) is 4.55. The number of nitrogens with one attached hydrogen (secondary N) is 2. The highest BCUT2D eigenvalue weighted by molar-refractivity contribution is 5.89. The third kappa shape index (κ3) is 1.89. The number of fused-ring (bicyclic) bond motifs is 1. The molecule has 2 heterocycles. The van der Waals surface area contributed by atoms with Crippen LogP contribution in [0.2, 0.25) is 0 Å². The summed E-state index contributed by atoms with van der Waals surface area (Å²) < 4.78 is 5.27. The van der Waals surface area contributed by atoms with Crippen molar-refractivity contribution in [1.29, 1.82) is 0 Å². The monoisotopic (exact) mass is 231 g/mol. The van der Waals surface area contributed by atoms with E-state index < -0.39 is 0 Å². The number of methoxy groups -OCH3 is 1. The van der Waals surface area contributed by atoms with E-state index in [0.717, 1.165) is 25.3 Å². The van der Waals surface area contributed by atoms with E-state index in [9.17, 15) is 0 Å². The second-order valence-electron chi connectivity index (χ2n) is 4.55. The highest BCUT2D eigenvalue weighted by Gasteiger charge is 2.34. The third-order valence-electron chi connectivity index (χ3n) is 3.55. The van der Waals surface area contributed by atoms with Crippen LogP contribution in [0.5, 0.6) is 5.75 Å². The molecule has 17 heavy (non-hydrogen) atoms. The zero-order chi connectivity index (χ0) is 11.7. The zero-order valence-electron chi connectivity index (χ0n) is 9.94. The van der Waals surface area contributed by atoms with Gasteiger partial charge in [-0.1, -0.05) is 12.1 Å². The molecule has 2 atom stereocenters. The van der Waals surface area contributed by atoms with Crippen molar-refractivity contribution in [2.24, 2.45) is 11.0 Å². The Morgan fingerprint density at radius 2 is 2.35 bits per heavy atom. The van der Waals surface area contributed by atoms with E-state index in [2.05, 4.69) is 28.0 Å². The van der Waals surface area contributed by atoms with Crippen LogP contribution in [0, 0.1) is 5.92 Å². The second kappa shape index (κ2) is 4.37. The number of ether oxygens (including phenoxy) is 1. The van der Waals surface area contributed by atoms with E-state index in [1.54, 1.807) is 7.11 Å². The molecule has 1 aromatic rings. The molecule has 4 heteroatoms. The van der Waals surface area contributed by atoms with Crippen molar-refractivity contribution in [3.05, 3.63) is 29.8 Å². The first-order valence-electron chi connectivity index (χ1n) is 6.05. The molecule has 0 amide bonds. The maximum absolute atomic E-state index is 5.27. The molecule has 2 aliphatic heterocycles. The molecule has 4 nitrogen and oxygen atoms in total. The van der Waals surface area contributed by atoms with Gasteiger partial charge in [0.05, 0.1) is 13.2 Å². The van der Waals surface area contributed by atoms with Crippen LogP contribution in [0.3, 0.4) is 0 Å². The van der Waals surface area contributed by atoms with Crippen molar-refractivity contribution in [1.82, 2.24) is 10.7 Å². The van der Waals surface area contributed by atoms with Gasteiger partial charge in [-0.25, -0.2) is 0 Å². The van der Waals surface area contributed by atoms with Gasteiger partial charge in [-0.05, 0) is 17.7 Å². The fourth-order valence-corrected chi connectivity index (χ4v) is 2.61. The van der Waals surface area contributed by atoms with Gasteiger partial charge >= 0.3 is 0 Å². The summed E-state index contributed by atoms with van der Waals surface area (Å²) >= 11 is 0. The van der Waals surface area contributed by atoms with Crippen molar-refractivity contribution in [3.63, 3.8) is 0 Å². The fourth-order valence-electron chi connectivity index (χ4n) is 2.61. The van der Waals surface area contributed by atoms with Crippen LogP contribution in [0.4, 0.5) is 0 Å². The minimum Gasteiger partial charge on any atom is -0.497 e. The van der Waals surface area contributed by atoms with Gasteiger partial charge in [0, 0.05) is 31.1 Å². The summed E-state index contributed by atoms with van der Waals surface area (Å²) in [5.41, 5.74) is 5.81. The molecule has 0 aromatic heterocycles. The lowest BCUT2D eigenvalue weighted by atomic mass is 9.87. The first-order chi connectivity index (χ1) is 8.38. The Hall–Kier alpha value is -1.55. The molecule has 0 radical (unpaired) electrons. The van der Waals surface area contributed by atoms with Gasteiger partial charge in [0.25, 0.3) is 0 Å². The summed E-state index contributed by atoms with van der Waals surface area (Å²) in [5.74, 6) is 1.39. The molecule has 0 aliphatic carbocycles. The summed E-state index contributed by atoms with van der Waals surface area (Å²) in [6.07, 6.45) is 1.05. The molecule has 90 valence electrons. The van der Waals surface area contributed by atoms with Crippen LogP contribution in [0.25, 0.3) is 0 Å². The van der Waals surface area contributed by atoms with Gasteiger partial charge in [-0.15, -0.1) is 0 Å². The van der Waals surface area contributed by atoms with Crippen molar-refractivity contribution in [2.75, 3.05) is 20.2 Å². The first-order valence-corrected chi connectivity index (χ1v) is 6.05. The van der Waals surface area contributed by atoms with Crippen LogP contribution in [-0.2, 0) is 0 Å². The minimum atomic E-state index is 0.285. The van der Waals surface area contributed by atoms with E-state index in [-0.39, 0.29) is 6.04 Å². The molecule has 0 saturated carbocycles. The summed E-state index contributed by atoms with van der Waals surface area (Å²) in [5, 5.41) is 7.89. The molecular weight excluding hydrogens is 214 g/mol. The van der Waals surface area contributed by atoms with Crippen LogP contribution < -0.4 is 15.5 Å². The molecule has 2 N–H and O–H groups in total. The van der Waals surface area contributed by atoms with Gasteiger partial charge in [-0.2, -0.15) is 5.10 Å². The average molecular weight is 231 g/mol. The fraction of sp³-hybridized carbons (Fsp3) is 0.462. The lowest BCUT2D eigenvalue weighted by Crippen LogP contribution is -2.38. The highest BCUT2D eigenvalue weighted by atomic mass is 16.5. The summed E-state index contributed by atoms with van der Waals surface area (Å²) in [6, 6.07) is 8.51. The van der Waals surface area contributed by atoms with Gasteiger partial charge in [0.1, 0.15) is 5.75 Å². The molecule has 2 aliphatic rings. The summed E-state index contributed by atoms with van der Waals surface area (Å²) in [7, 11) is 1.70. The largest absolute Gasteiger partial charge is 0.497 e. The van der Waals surface area contributed by atoms with Crippen LogP contribution in [0.15, 0.2) is 29.4 Å². The summed E-state index contributed by atoms with van der Waals surface area (Å²) in [4.78, 5) is 0. The third-order valence-corrected chi connectivity index (χ3v) is 3.55. The number of nitrogens with zero attached hydrogens (tertiary/aromatic N) is 1. The van der Waals surface area contributed by atoms with E-state index in [1.807, 2.05) is 12.1 Å². The topological polar surface area (TPSA) is 45.6 Å². The van der Waals surface area contributed by atoms with Crippen LogP contribution >= 0.6 is 0 Å². The Kier molecular flexibility index (Phi) is 2.73. The van der Waals surface area contributed by atoms with E-state index >= 15 is 0 Å². The maximum atomic E-state index is 5.27. The Morgan fingerprint density at radius 3 is 3.24 bits per heavy atom. The van der Waals surface area contributed by atoms with Gasteiger partial charge < -0.3 is 15.5 Å². The highest BCUT2D eigenvalue weighted by Crippen LogP contribution is 2.31. The quantitative estimate of drug-likeness (QED) is 0.806. The van der Waals surface area contributed by atoms with E-state index in [4.69, 9.17) is 4.74 Å². The molecule has 0 bridgehead atoms.